The number of H-pyrrole nitrogens is 1. The Morgan fingerprint density at radius 3 is 1.12 bits per heavy atom. The molecule has 10 N–H and O–H groups in total. The summed E-state index contributed by atoms with van der Waals surface area (Å²) in [6.07, 6.45) is 6.60. The van der Waals surface area contributed by atoms with E-state index in [-0.39, 0.29) is 63.9 Å². The first-order valence-corrected chi connectivity index (χ1v) is 46.7. The summed E-state index contributed by atoms with van der Waals surface area (Å²) in [6, 6.07) is 0. The number of ether oxygens (including phenoxy) is 9. The van der Waals surface area contributed by atoms with Gasteiger partial charge in [-0.2, -0.15) is 0 Å². The zero-order valence-corrected chi connectivity index (χ0v) is 77.5. The molecule has 19 atom stereocenters. The minimum atomic E-state index is -4.40. The van der Waals surface area contributed by atoms with Gasteiger partial charge in [-0.1, -0.05) is 83.1 Å². The maximum atomic E-state index is 12.8. The Bertz CT molecular complexity index is 5010. The molecule has 7 aromatic rings. The van der Waals surface area contributed by atoms with Gasteiger partial charge in [0.2, 0.25) is 0 Å². The smallest absolute Gasteiger partial charge is 0.382 e. The molecule has 43 heteroatoms. The van der Waals surface area contributed by atoms with E-state index < -0.39 is 127 Å². The molecule has 0 spiro atoms. The van der Waals surface area contributed by atoms with Crippen LogP contribution in [0.25, 0.3) is 33.5 Å². The summed E-state index contributed by atoms with van der Waals surface area (Å²) >= 11 is 10.7. The number of rotatable bonds is 18. The van der Waals surface area contributed by atoms with Gasteiger partial charge in [0.15, 0.2) is 59.3 Å². The second kappa shape index (κ2) is 32.8. The van der Waals surface area contributed by atoms with Crippen LogP contribution in [0.2, 0.25) is 0 Å². The number of phosphoric ester groups is 1. The van der Waals surface area contributed by atoms with Crippen LogP contribution in [0, 0.1) is 28.6 Å². The largest absolute Gasteiger partial charge is 0.473 e. The number of fused-ring (bicyclic) bond motifs is 11. The van der Waals surface area contributed by atoms with E-state index in [0.29, 0.717) is 90.4 Å². The summed E-state index contributed by atoms with van der Waals surface area (Å²) in [4.78, 5) is 96.8. The van der Waals surface area contributed by atoms with Gasteiger partial charge in [0, 0.05) is 18.2 Å². The first-order chi connectivity index (χ1) is 54.9. The Labute approximate surface area is 708 Å². The van der Waals surface area contributed by atoms with Crippen LogP contribution in [0.5, 0.6) is 0 Å². The van der Waals surface area contributed by atoms with E-state index in [0.717, 1.165) is 6.42 Å². The molecule has 15 heterocycles. The number of nitrogens with one attached hydrogen (secondary N) is 1. The number of hydrogen-bond acceptors (Lipinski definition) is 32. The Kier molecular flexibility index (Phi) is 25.6. The molecule has 8 aliphatic heterocycles. The van der Waals surface area contributed by atoms with Gasteiger partial charge in [-0.15, -0.1) is 0 Å². The van der Waals surface area contributed by atoms with Crippen molar-refractivity contribution in [3.8, 4) is 0 Å². The quantitative estimate of drug-likeness (QED) is 0.0392. The van der Waals surface area contributed by atoms with E-state index in [1.807, 2.05) is 25.3 Å². The molecule has 15 rings (SSSR count). The van der Waals surface area contributed by atoms with Crippen LogP contribution >= 0.6 is 21.3 Å². The van der Waals surface area contributed by atoms with Crippen LogP contribution in [-0.4, -0.2) is 203 Å². The lowest BCUT2D eigenvalue weighted by atomic mass is 9.76. The van der Waals surface area contributed by atoms with Gasteiger partial charge < -0.3 is 83.6 Å². The molecule has 38 nitrogen and oxygen atoms in total. The monoisotopic (exact) mass is 1780 g/mol. The predicted molar refractivity (Wildman–Crippen MR) is 451 cm³/mol. The Hall–Kier alpha value is -5.46. The maximum absolute atomic E-state index is 12.8. The minimum Gasteiger partial charge on any atom is -0.382 e. The molecule has 120 heavy (non-hydrogen) atoms. The third kappa shape index (κ3) is 20.9. The van der Waals surface area contributed by atoms with Crippen LogP contribution in [0.15, 0.2) is 53.7 Å². The van der Waals surface area contributed by atoms with Crippen LogP contribution in [0.3, 0.4) is 0 Å². The number of anilines is 3. The highest BCUT2D eigenvalue weighted by molar-refractivity contribution is 8.07. The van der Waals surface area contributed by atoms with E-state index in [4.69, 9.17) is 111 Å². The number of imidazole rings is 3. The molecule has 7 aromatic heterocycles. The topological polar surface area (TPSA) is 480 Å². The van der Waals surface area contributed by atoms with Gasteiger partial charge in [0.25, 0.3) is 5.56 Å². The lowest BCUT2D eigenvalue weighted by molar-refractivity contribution is -0.187. The molecular formula is C77H122N17O21P3S2. The number of hydrogen-bond donors (Lipinski definition) is 7. The SMILES string of the molecule is CC(C)(C)C[C@@]12COC([C@H](n3cnc4c(N)ncnc43)O1)[C@H]2OC(C)(C)C.CC(C)(C)C[C@@]12COC([C@H](n3cnc4c(N)ncnc43)O1)[C@H]2OP(=O)(O)OC(C)(C)C.CC(C)(C)C[C@@]12COC([C@H](n3cnc4c(N)ncnc43)O1)[C@H]2OP(O)(=S)OC(C)(C)C.Cc1cn([C@@H]2O[C@@]3(CC(C)(C)C)CCOC2[C@H]3OP(O)(=S)OC(C)(C)C)c(=O)[nH]c1=O. The van der Waals surface area contributed by atoms with Crippen molar-refractivity contribution >= 4 is 95.8 Å². The Balaban J connectivity index is 0.000000147. The van der Waals surface area contributed by atoms with Crippen LogP contribution < -0.4 is 28.5 Å². The van der Waals surface area contributed by atoms with Gasteiger partial charge in [0.1, 0.15) is 107 Å². The molecule has 8 bridgehead atoms. The number of aromatic nitrogens is 14. The Morgan fingerprint density at radius 1 is 0.450 bits per heavy atom. The third-order valence-electron chi connectivity index (χ3n) is 20.3. The highest BCUT2D eigenvalue weighted by Gasteiger charge is 2.69. The molecule has 8 aliphatic rings. The van der Waals surface area contributed by atoms with E-state index in [1.54, 1.807) is 76.6 Å². The van der Waals surface area contributed by atoms with Crippen molar-refractivity contribution in [1.29, 1.82) is 0 Å². The zero-order chi connectivity index (χ0) is 88.7. The summed E-state index contributed by atoms with van der Waals surface area (Å²) in [5.41, 5.74) is 14.3. The molecule has 0 saturated carbocycles. The number of aryl methyl sites for hydroxylation is 1. The molecule has 0 amide bonds. The van der Waals surface area contributed by atoms with Gasteiger partial charge in [0.05, 0.1) is 67.8 Å². The first-order valence-electron chi connectivity index (χ1n) is 40.0. The van der Waals surface area contributed by atoms with E-state index in [2.05, 4.69) is 154 Å². The van der Waals surface area contributed by atoms with Crippen LogP contribution in [0.1, 0.15) is 229 Å². The van der Waals surface area contributed by atoms with Crippen molar-refractivity contribution < 1.29 is 89.0 Å². The van der Waals surface area contributed by atoms with Crippen molar-refractivity contribution in [1.82, 2.24) is 68.1 Å². The minimum absolute atomic E-state index is 0.0657. The molecule has 7 unspecified atom stereocenters. The number of nitrogens with two attached hydrogens (primary N) is 3. The van der Waals surface area contributed by atoms with Gasteiger partial charge in [-0.25, -0.2) is 54.2 Å². The van der Waals surface area contributed by atoms with E-state index in [1.165, 1.54) is 29.7 Å². The van der Waals surface area contributed by atoms with Crippen molar-refractivity contribution in [3.63, 3.8) is 0 Å². The lowest BCUT2D eigenvalue weighted by Crippen LogP contribution is -2.52. The fourth-order valence-electron chi connectivity index (χ4n) is 17.4. The number of nitrogens with zero attached hydrogens (tertiary/aromatic N) is 13. The lowest BCUT2D eigenvalue weighted by Gasteiger charge is -2.43. The summed E-state index contributed by atoms with van der Waals surface area (Å²) in [6.45, 7) is 43.3. The molecule has 0 aliphatic carbocycles. The standard InChI is InChI=1S/C20H33N2O7PS.C19H30N5O6P.C19H30N5O5PS.C19H29N5O3/c1-12-10-22(17(24)21-15(12)23)16-13-14(28-30(25,31)29-19(5,6)7)20(27-16,8-9-26-13)11-18(2,3)4;1-17(2,3)7-19-8-27-12(13(19)29-31(25,26)30-18(4,5)6)16(28-19)24-10-23-11-14(20)21-9-22-15(11)24;1-17(2,3)7-19-8-26-12(13(19)28-30(25,31)29-18(4,5)6)16(27-19)24-10-23-11-14(20)21-9-22-15(11)24;1-17(2,3)7-19-8-25-12(13(19)26-18(4,5)6)16(27-19)24-10-23-11-14(20)21-9-22-15(11)24/h10,13-14,16H,8-9,11H2,1-7H3,(H,25,31)(H,21,23,24);9-10,12-13,16H,7-8H2,1-6H3,(H,25,26)(H2,20,21,22);9-10,12-13,16H,7-8H2,1-6H3,(H,25,31)(H2,20,21,22);9-10,12-13,16H,7-8H2,1-6H3,(H2,20,21,22)/t13?,14-,16-,20-,30?;12?,13-,16-,19+;12?,13-,16-,19+,30?;12?,13-,16-,19+/m1111/s1. The van der Waals surface area contributed by atoms with Gasteiger partial charge in [-0.05, 0) is 161 Å². The number of aromatic amines is 1. The average Bonchev–Trinajstić information content (AvgIpc) is 1.57. The van der Waals surface area contributed by atoms with Crippen molar-refractivity contribution in [2.24, 2.45) is 21.7 Å². The highest BCUT2D eigenvalue weighted by Crippen LogP contribution is 2.63. The maximum Gasteiger partial charge on any atom is 0.473 e. The first kappa shape index (κ1) is 93.7. The second-order valence-corrected chi connectivity index (χ2v) is 47.9. The summed E-state index contributed by atoms with van der Waals surface area (Å²) < 4.78 is 111. The summed E-state index contributed by atoms with van der Waals surface area (Å²) in [5.74, 6) is 0.896. The molecule has 0 radical (unpaired) electrons. The van der Waals surface area contributed by atoms with Crippen LogP contribution in [0.4, 0.5) is 17.5 Å². The molecule has 8 fully saturated rings. The fraction of sp³-hybridized carbons (Fsp3) is 0.753. The molecule has 0 aromatic carbocycles. The predicted octanol–water partition coefficient (Wildman–Crippen LogP) is 11.2. The number of phosphoric acid groups is 1. The summed E-state index contributed by atoms with van der Waals surface area (Å²) in [5, 5.41) is 0. The molecule has 668 valence electrons. The van der Waals surface area contributed by atoms with Gasteiger partial charge >= 0.3 is 26.9 Å². The van der Waals surface area contributed by atoms with Gasteiger partial charge in [-0.3, -0.25) is 46.1 Å². The molecular weight excluding hydrogens is 1660 g/mol. The highest BCUT2D eigenvalue weighted by atomic mass is 32.5. The summed E-state index contributed by atoms with van der Waals surface area (Å²) in [7, 11) is -4.40. The van der Waals surface area contributed by atoms with Crippen molar-refractivity contribution in [3.05, 3.63) is 70.6 Å². The average molecular weight is 1780 g/mol. The second-order valence-electron chi connectivity index (χ2n) is 41.1. The van der Waals surface area contributed by atoms with E-state index >= 15 is 0 Å². The fourth-order valence-corrected chi connectivity index (χ4v) is 23.3. The number of nitrogen functional groups attached to an aromatic ring is 3. The third-order valence-corrected chi connectivity index (χ3v) is 25.1. The molecule has 8 saturated heterocycles. The van der Waals surface area contributed by atoms with Crippen LogP contribution in [-0.2, 0) is 98.0 Å². The Morgan fingerprint density at radius 2 is 0.767 bits per heavy atom. The van der Waals surface area contributed by atoms with Crippen molar-refractivity contribution in [2.45, 2.75) is 324 Å². The van der Waals surface area contributed by atoms with E-state index in [9.17, 15) is 28.8 Å². The zero-order valence-electron chi connectivity index (χ0n) is 73.2. The normalized spacial score (nSPS) is 30.9. The van der Waals surface area contributed by atoms with Crippen molar-refractivity contribution in [2.75, 3.05) is 43.6 Å².